The normalized spacial score (nSPS) is 11.4. The van der Waals surface area contributed by atoms with E-state index in [1.165, 1.54) is 0 Å². The number of amides is 2. The number of aryl methyl sites for hydroxylation is 3. The van der Waals surface area contributed by atoms with Crippen molar-refractivity contribution in [3.05, 3.63) is 52.6 Å². The van der Waals surface area contributed by atoms with Gasteiger partial charge in [-0.05, 0) is 50.5 Å². The molecule has 0 spiro atoms. The summed E-state index contributed by atoms with van der Waals surface area (Å²) in [5.41, 5.74) is 6.93. The van der Waals surface area contributed by atoms with Crippen LogP contribution in [0.5, 0.6) is 5.75 Å². The summed E-state index contributed by atoms with van der Waals surface area (Å²) in [6.45, 7) is 4.80. The molecule has 12 heteroatoms. The third kappa shape index (κ3) is 5.50. The summed E-state index contributed by atoms with van der Waals surface area (Å²) in [7, 11) is 0. The Kier molecular flexibility index (Phi) is 6.61. The summed E-state index contributed by atoms with van der Waals surface area (Å²) in [4.78, 5) is 31.4. The van der Waals surface area contributed by atoms with Crippen molar-refractivity contribution in [1.29, 1.82) is 0 Å². The first kappa shape index (κ1) is 23.0. The molecule has 2 amide bonds. The molecule has 0 unspecified atom stereocenters. The van der Waals surface area contributed by atoms with Gasteiger partial charge >= 0.3 is 6.18 Å². The summed E-state index contributed by atoms with van der Waals surface area (Å²) in [5.74, 6) is -1.94. The number of aromatic nitrogens is 4. The maximum Gasteiger partial charge on any atom is 0.453 e. The molecule has 3 aromatic rings. The van der Waals surface area contributed by atoms with Gasteiger partial charge in [0.25, 0.3) is 17.5 Å². The fraction of sp³-hybridized carbons (Fsp3) is 0.350. The molecule has 3 rings (SSSR count). The molecule has 9 nitrogen and oxygen atoms in total. The molecule has 0 fully saturated rings. The lowest BCUT2D eigenvalue weighted by Gasteiger charge is -2.11. The molecule has 0 aliphatic heterocycles. The van der Waals surface area contributed by atoms with E-state index in [-0.39, 0.29) is 25.2 Å². The van der Waals surface area contributed by atoms with Crippen LogP contribution in [0.15, 0.2) is 24.3 Å². The monoisotopic (exact) mass is 450 g/mol. The Bertz CT molecular complexity index is 1160. The third-order valence-electron chi connectivity index (χ3n) is 4.61. The van der Waals surface area contributed by atoms with Crippen LogP contribution in [0, 0.1) is 20.8 Å². The molecule has 0 saturated heterocycles. The number of hydrazine groups is 1. The number of carbonyl (C=O) groups is 2. The van der Waals surface area contributed by atoms with E-state index in [1.807, 2.05) is 13.0 Å². The fourth-order valence-electron chi connectivity index (χ4n) is 3.02. The van der Waals surface area contributed by atoms with Crippen molar-refractivity contribution in [2.75, 3.05) is 6.61 Å². The zero-order valence-corrected chi connectivity index (χ0v) is 17.6. The maximum atomic E-state index is 12.9. The molecular weight excluding hydrogens is 429 g/mol. The van der Waals surface area contributed by atoms with Gasteiger partial charge in [-0.2, -0.15) is 18.2 Å². The summed E-state index contributed by atoms with van der Waals surface area (Å²) in [6, 6.07) is 7.17. The fourth-order valence-corrected chi connectivity index (χ4v) is 3.02. The van der Waals surface area contributed by atoms with Crippen molar-refractivity contribution in [2.45, 2.75) is 39.8 Å². The van der Waals surface area contributed by atoms with Crippen molar-refractivity contribution in [3.8, 4) is 5.75 Å². The standard InChI is InChI=1S/C20H21F3N6O3/c1-11-5-4-6-14(9-11)32-10-17(31)27-26-16(30)8-7-15-12(2)24-19-25-18(20(21,22)23)28-29(19)13(15)3/h4-6,9H,7-8,10H2,1-3H3,(H,26,30)(H,27,31). The molecule has 1 aromatic carbocycles. The van der Waals surface area contributed by atoms with Gasteiger partial charge in [0, 0.05) is 17.8 Å². The Morgan fingerprint density at radius 2 is 1.81 bits per heavy atom. The minimum Gasteiger partial charge on any atom is -0.484 e. The highest BCUT2D eigenvalue weighted by molar-refractivity contribution is 5.82. The van der Waals surface area contributed by atoms with Crippen molar-refractivity contribution < 1.29 is 27.5 Å². The van der Waals surface area contributed by atoms with Crippen LogP contribution in [0.2, 0.25) is 0 Å². The number of nitrogens with zero attached hydrogens (tertiary/aromatic N) is 4. The summed E-state index contributed by atoms with van der Waals surface area (Å²) >= 11 is 0. The predicted octanol–water partition coefficient (Wildman–Crippen LogP) is 2.23. The number of ether oxygens (including phenoxy) is 1. The van der Waals surface area contributed by atoms with Gasteiger partial charge in [0.05, 0.1) is 0 Å². The molecule has 2 N–H and O–H groups in total. The number of alkyl halides is 3. The van der Waals surface area contributed by atoms with Crippen LogP contribution in [0.1, 0.15) is 34.8 Å². The molecule has 0 radical (unpaired) electrons. The summed E-state index contributed by atoms with van der Waals surface area (Å²) < 4.78 is 45.0. The van der Waals surface area contributed by atoms with Crippen LogP contribution >= 0.6 is 0 Å². The first-order chi connectivity index (χ1) is 15.0. The molecule has 2 aromatic heterocycles. The number of fused-ring (bicyclic) bond motifs is 1. The number of hydrogen-bond donors (Lipinski definition) is 2. The zero-order valence-electron chi connectivity index (χ0n) is 17.6. The van der Waals surface area contributed by atoms with Crippen LogP contribution in [-0.2, 0) is 22.2 Å². The van der Waals surface area contributed by atoms with E-state index in [1.54, 1.807) is 32.0 Å². The lowest BCUT2D eigenvalue weighted by Crippen LogP contribution is -2.43. The highest BCUT2D eigenvalue weighted by Gasteiger charge is 2.36. The quantitative estimate of drug-likeness (QED) is 0.558. The average molecular weight is 450 g/mol. The highest BCUT2D eigenvalue weighted by atomic mass is 19.4. The Labute approximate surface area is 181 Å². The molecule has 170 valence electrons. The van der Waals surface area contributed by atoms with Crippen LogP contribution in [0.3, 0.4) is 0 Å². The van der Waals surface area contributed by atoms with Crippen LogP contribution in [0.25, 0.3) is 5.78 Å². The van der Waals surface area contributed by atoms with Gasteiger partial charge in [-0.15, -0.1) is 5.10 Å². The van der Waals surface area contributed by atoms with Gasteiger partial charge in [-0.3, -0.25) is 20.4 Å². The minimum atomic E-state index is -4.69. The van der Waals surface area contributed by atoms with E-state index in [2.05, 4.69) is 25.9 Å². The highest BCUT2D eigenvalue weighted by Crippen LogP contribution is 2.27. The topological polar surface area (TPSA) is 111 Å². The molecule has 0 saturated carbocycles. The number of hydrogen-bond acceptors (Lipinski definition) is 6. The van der Waals surface area contributed by atoms with Gasteiger partial charge in [-0.25, -0.2) is 9.50 Å². The summed E-state index contributed by atoms with van der Waals surface area (Å²) in [5, 5.41) is 3.47. The second kappa shape index (κ2) is 9.20. The van der Waals surface area contributed by atoms with Gasteiger partial charge in [0.15, 0.2) is 6.61 Å². The molecule has 32 heavy (non-hydrogen) atoms. The Morgan fingerprint density at radius 1 is 1.09 bits per heavy atom. The van der Waals surface area contributed by atoms with Gasteiger partial charge < -0.3 is 4.74 Å². The average Bonchev–Trinajstić information content (AvgIpc) is 3.15. The maximum absolute atomic E-state index is 12.9. The smallest absolute Gasteiger partial charge is 0.453 e. The van der Waals surface area contributed by atoms with E-state index >= 15 is 0 Å². The van der Waals surface area contributed by atoms with E-state index in [9.17, 15) is 22.8 Å². The van der Waals surface area contributed by atoms with Crippen LogP contribution < -0.4 is 15.6 Å². The van der Waals surface area contributed by atoms with Crippen LogP contribution in [0.4, 0.5) is 13.2 Å². The van der Waals surface area contributed by atoms with E-state index in [4.69, 9.17) is 4.74 Å². The van der Waals surface area contributed by atoms with Gasteiger partial charge in [0.2, 0.25) is 5.91 Å². The first-order valence-electron chi connectivity index (χ1n) is 9.62. The number of carbonyl (C=O) groups excluding carboxylic acids is 2. The van der Waals surface area contributed by atoms with Crippen molar-refractivity contribution in [2.24, 2.45) is 0 Å². The number of benzene rings is 1. The van der Waals surface area contributed by atoms with E-state index < -0.39 is 23.8 Å². The molecule has 0 atom stereocenters. The zero-order chi connectivity index (χ0) is 23.5. The first-order valence-corrected chi connectivity index (χ1v) is 9.62. The number of halogens is 3. The second-order valence-electron chi connectivity index (χ2n) is 7.11. The van der Waals surface area contributed by atoms with E-state index in [0.717, 1.165) is 10.1 Å². The van der Waals surface area contributed by atoms with Crippen molar-refractivity contribution >= 4 is 17.6 Å². The minimum absolute atomic E-state index is 0.0330. The molecule has 0 aliphatic rings. The molecule has 0 aliphatic carbocycles. The Balaban J connectivity index is 1.54. The lowest BCUT2D eigenvalue weighted by molar-refractivity contribution is -0.144. The molecule has 0 bridgehead atoms. The number of rotatable bonds is 6. The lowest BCUT2D eigenvalue weighted by atomic mass is 10.1. The van der Waals surface area contributed by atoms with Crippen molar-refractivity contribution in [3.63, 3.8) is 0 Å². The largest absolute Gasteiger partial charge is 0.484 e. The van der Waals surface area contributed by atoms with Gasteiger partial charge in [-0.1, -0.05) is 12.1 Å². The Morgan fingerprint density at radius 3 is 2.50 bits per heavy atom. The number of nitrogens with one attached hydrogen (secondary N) is 2. The second-order valence-corrected chi connectivity index (χ2v) is 7.11. The van der Waals surface area contributed by atoms with Gasteiger partial charge in [0.1, 0.15) is 5.75 Å². The Hall–Kier alpha value is -3.70. The SMILES string of the molecule is Cc1cccc(OCC(=O)NNC(=O)CCc2c(C)nc3nc(C(F)(F)F)nn3c2C)c1. The summed E-state index contributed by atoms with van der Waals surface area (Å²) in [6.07, 6.45) is -4.53. The molecular formula is C20H21F3N6O3. The third-order valence-corrected chi connectivity index (χ3v) is 4.61. The van der Waals surface area contributed by atoms with Crippen LogP contribution in [-0.4, -0.2) is 38.0 Å². The predicted molar refractivity (Wildman–Crippen MR) is 107 cm³/mol. The van der Waals surface area contributed by atoms with Crippen molar-refractivity contribution in [1.82, 2.24) is 30.4 Å². The van der Waals surface area contributed by atoms with E-state index in [0.29, 0.717) is 22.7 Å². The molecule has 2 heterocycles.